The van der Waals surface area contributed by atoms with Gasteiger partial charge in [-0.1, -0.05) is 15.9 Å². The van der Waals surface area contributed by atoms with Crippen molar-refractivity contribution in [3.63, 3.8) is 0 Å². The number of aromatic nitrogens is 2. The number of carbonyl (C=O) groups is 1. The molecule has 2 aromatic carbocycles. The predicted molar refractivity (Wildman–Crippen MR) is 113 cm³/mol. The molecule has 0 aliphatic rings. The SMILES string of the molecule is Cc1[nH]c2c(F)cc(Br)cc2c1CCNC(=O)Oc1cc2cc(OC(F)(F)F)ccc2[nH]1. The second-order valence-corrected chi connectivity index (χ2v) is 7.95. The summed E-state index contributed by atoms with van der Waals surface area (Å²) in [6.07, 6.45) is -5.11. The minimum atomic E-state index is -4.80. The number of aromatic amines is 2. The fourth-order valence-electron chi connectivity index (χ4n) is 3.49. The van der Waals surface area contributed by atoms with Crippen LogP contribution in [0.4, 0.5) is 22.4 Å². The van der Waals surface area contributed by atoms with E-state index in [1.54, 1.807) is 6.07 Å². The van der Waals surface area contributed by atoms with Gasteiger partial charge in [-0.2, -0.15) is 0 Å². The quantitative estimate of drug-likeness (QED) is 0.282. The highest BCUT2D eigenvalue weighted by molar-refractivity contribution is 9.10. The lowest BCUT2D eigenvalue weighted by Gasteiger charge is -2.08. The molecule has 32 heavy (non-hydrogen) atoms. The van der Waals surface area contributed by atoms with Gasteiger partial charge in [0, 0.05) is 39.1 Å². The largest absolute Gasteiger partial charge is 0.573 e. The summed E-state index contributed by atoms with van der Waals surface area (Å²) in [7, 11) is 0. The van der Waals surface area contributed by atoms with Crippen LogP contribution >= 0.6 is 15.9 Å². The number of hydrogen-bond acceptors (Lipinski definition) is 3. The number of carbonyl (C=O) groups excluding carboxylic acids is 1. The van der Waals surface area contributed by atoms with Gasteiger partial charge in [0.05, 0.1) is 5.52 Å². The molecule has 11 heteroatoms. The Kier molecular flexibility index (Phi) is 5.76. The van der Waals surface area contributed by atoms with Gasteiger partial charge in [-0.3, -0.25) is 0 Å². The Hall–Kier alpha value is -3.21. The molecule has 0 saturated heterocycles. The van der Waals surface area contributed by atoms with E-state index in [-0.39, 0.29) is 24.0 Å². The number of rotatable bonds is 5. The van der Waals surface area contributed by atoms with E-state index < -0.39 is 12.5 Å². The maximum Gasteiger partial charge on any atom is 0.573 e. The molecule has 0 aliphatic heterocycles. The van der Waals surface area contributed by atoms with Crippen molar-refractivity contribution in [2.75, 3.05) is 6.54 Å². The van der Waals surface area contributed by atoms with Crippen molar-refractivity contribution in [2.24, 2.45) is 0 Å². The second kappa shape index (κ2) is 8.38. The van der Waals surface area contributed by atoms with E-state index in [4.69, 9.17) is 4.74 Å². The van der Waals surface area contributed by atoms with Crippen LogP contribution in [0.25, 0.3) is 21.8 Å². The Morgan fingerprint density at radius 1 is 1.16 bits per heavy atom. The Balaban J connectivity index is 1.39. The number of nitrogens with one attached hydrogen (secondary N) is 3. The molecule has 0 bridgehead atoms. The van der Waals surface area contributed by atoms with Gasteiger partial charge in [0.15, 0.2) is 0 Å². The molecular weight excluding hydrogens is 498 g/mol. The van der Waals surface area contributed by atoms with Crippen molar-refractivity contribution in [1.29, 1.82) is 0 Å². The highest BCUT2D eigenvalue weighted by atomic mass is 79.9. The molecule has 0 radical (unpaired) electrons. The summed E-state index contributed by atoms with van der Waals surface area (Å²) in [4.78, 5) is 17.9. The molecule has 1 amide bonds. The van der Waals surface area contributed by atoms with E-state index in [2.05, 4.69) is 36.0 Å². The van der Waals surface area contributed by atoms with Crippen molar-refractivity contribution < 1.29 is 31.8 Å². The third kappa shape index (κ3) is 4.82. The smallest absolute Gasteiger partial charge is 0.406 e. The minimum absolute atomic E-state index is 0.0657. The van der Waals surface area contributed by atoms with Crippen molar-refractivity contribution in [1.82, 2.24) is 15.3 Å². The van der Waals surface area contributed by atoms with E-state index in [1.165, 1.54) is 24.3 Å². The molecule has 2 aromatic heterocycles. The van der Waals surface area contributed by atoms with Gasteiger partial charge in [-0.05, 0) is 49.2 Å². The first-order chi connectivity index (χ1) is 15.1. The van der Waals surface area contributed by atoms with E-state index in [9.17, 15) is 22.4 Å². The number of ether oxygens (including phenoxy) is 2. The molecule has 0 aliphatic carbocycles. The number of hydrogen-bond donors (Lipinski definition) is 3. The van der Waals surface area contributed by atoms with Crippen molar-refractivity contribution in [3.05, 3.63) is 57.9 Å². The normalized spacial score (nSPS) is 11.8. The fourth-order valence-corrected chi connectivity index (χ4v) is 3.92. The van der Waals surface area contributed by atoms with Crippen molar-refractivity contribution in [3.8, 4) is 11.6 Å². The summed E-state index contributed by atoms with van der Waals surface area (Å²) < 4.78 is 60.8. The molecule has 4 aromatic rings. The van der Waals surface area contributed by atoms with Crippen LogP contribution in [0.3, 0.4) is 0 Å². The highest BCUT2D eigenvalue weighted by Gasteiger charge is 2.31. The molecule has 3 N–H and O–H groups in total. The fraction of sp³-hybridized carbons (Fsp3) is 0.190. The number of halogens is 5. The van der Waals surface area contributed by atoms with Crippen molar-refractivity contribution in [2.45, 2.75) is 19.7 Å². The lowest BCUT2D eigenvalue weighted by molar-refractivity contribution is -0.274. The molecule has 0 spiro atoms. The van der Waals surface area contributed by atoms with Gasteiger partial charge < -0.3 is 24.8 Å². The first kappa shape index (κ1) is 22.0. The molecular formula is C21H16BrF4N3O3. The summed E-state index contributed by atoms with van der Waals surface area (Å²) in [6, 6.07) is 8.29. The standard InChI is InChI=1S/C21H16BrF4N3O3/c1-10-14(15-8-12(22)9-16(23)19(15)28-10)4-5-27-20(30)31-18-7-11-6-13(32-21(24,25)26)2-3-17(11)29-18/h2-3,6-9,28-29H,4-5H2,1H3,(H,27,30). The van der Waals surface area contributed by atoms with E-state index in [1.807, 2.05) is 6.92 Å². The van der Waals surface area contributed by atoms with Crippen LogP contribution in [0.2, 0.25) is 0 Å². The van der Waals surface area contributed by atoms with E-state index >= 15 is 0 Å². The molecule has 0 atom stereocenters. The van der Waals surface area contributed by atoms with Crippen molar-refractivity contribution >= 4 is 43.8 Å². The number of H-pyrrole nitrogens is 2. The van der Waals surface area contributed by atoms with Gasteiger partial charge in [-0.15, -0.1) is 13.2 Å². The number of aryl methyl sites for hydroxylation is 1. The topological polar surface area (TPSA) is 79.1 Å². The van der Waals surface area contributed by atoms with Gasteiger partial charge in [0.1, 0.15) is 11.6 Å². The summed E-state index contributed by atoms with van der Waals surface area (Å²) in [5.41, 5.74) is 2.53. The lowest BCUT2D eigenvalue weighted by Crippen LogP contribution is -2.28. The lowest BCUT2D eigenvalue weighted by atomic mass is 10.1. The van der Waals surface area contributed by atoms with Crippen LogP contribution < -0.4 is 14.8 Å². The third-order valence-corrected chi connectivity index (χ3v) is 5.25. The molecule has 2 heterocycles. The summed E-state index contributed by atoms with van der Waals surface area (Å²) in [5.74, 6) is -0.688. The Morgan fingerprint density at radius 2 is 1.94 bits per heavy atom. The third-order valence-electron chi connectivity index (χ3n) is 4.79. The molecule has 0 unspecified atom stereocenters. The second-order valence-electron chi connectivity index (χ2n) is 7.04. The van der Waals surface area contributed by atoms with Gasteiger partial charge in [-0.25, -0.2) is 9.18 Å². The first-order valence-corrected chi connectivity index (χ1v) is 10.2. The Labute approximate surface area is 187 Å². The summed E-state index contributed by atoms with van der Waals surface area (Å²) >= 11 is 3.28. The van der Waals surface area contributed by atoms with Gasteiger partial charge in [0.2, 0.25) is 5.88 Å². The monoisotopic (exact) mass is 513 g/mol. The van der Waals surface area contributed by atoms with Gasteiger partial charge >= 0.3 is 12.5 Å². The maximum atomic E-state index is 14.1. The average Bonchev–Trinajstić information content (AvgIpc) is 3.21. The maximum absolute atomic E-state index is 14.1. The zero-order chi connectivity index (χ0) is 23.0. The van der Waals surface area contributed by atoms with Crippen LogP contribution in [0, 0.1) is 12.7 Å². The average molecular weight is 514 g/mol. The zero-order valence-electron chi connectivity index (χ0n) is 16.5. The number of fused-ring (bicyclic) bond motifs is 2. The van der Waals surface area contributed by atoms with Crippen LogP contribution in [-0.4, -0.2) is 29.0 Å². The van der Waals surface area contributed by atoms with Crippen LogP contribution in [0.5, 0.6) is 11.6 Å². The van der Waals surface area contributed by atoms with Crippen LogP contribution in [-0.2, 0) is 6.42 Å². The molecule has 168 valence electrons. The molecule has 0 fully saturated rings. The number of amides is 1. The summed E-state index contributed by atoms with van der Waals surface area (Å²) in [6.45, 7) is 2.05. The van der Waals surface area contributed by atoms with Crippen LogP contribution in [0.1, 0.15) is 11.3 Å². The number of alkyl halides is 3. The van der Waals surface area contributed by atoms with Crippen LogP contribution in [0.15, 0.2) is 40.9 Å². The zero-order valence-corrected chi connectivity index (χ0v) is 18.1. The predicted octanol–water partition coefficient (Wildman–Crippen LogP) is 6.09. The Morgan fingerprint density at radius 3 is 2.69 bits per heavy atom. The summed E-state index contributed by atoms with van der Waals surface area (Å²) in [5, 5.41) is 3.71. The van der Waals surface area contributed by atoms with E-state index in [0.29, 0.717) is 27.3 Å². The Bertz CT molecular complexity index is 1310. The molecule has 4 rings (SSSR count). The molecule has 6 nitrogen and oxygen atoms in total. The van der Waals surface area contributed by atoms with E-state index in [0.717, 1.165) is 22.7 Å². The molecule has 0 saturated carbocycles. The first-order valence-electron chi connectivity index (χ1n) is 9.39. The number of benzene rings is 2. The van der Waals surface area contributed by atoms with Gasteiger partial charge in [0.25, 0.3) is 0 Å². The highest BCUT2D eigenvalue weighted by Crippen LogP contribution is 2.29. The minimum Gasteiger partial charge on any atom is -0.406 e.